The van der Waals surface area contributed by atoms with Crippen molar-refractivity contribution in [1.29, 1.82) is 0 Å². The maximum atomic E-state index is 12.4. The maximum absolute atomic E-state index is 12.4. The van der Waals surface area contributed by atoms with Gasteiger partial charge in [-0.15, -0.1) is 11.3 Å². The van der Waals surface area contributed by atoms with E-state index >= 15 is 0 Å². The fraction of sp³-hybridized carbons (Fsp3) is 0.412. The molecule has 27 heavy (non-hydrogen) atoms. The van der Waals surface area contributed by atoms with E-state index in [2.05, 4.69) is 15.6 Å². The number of carbonyl (C=O) groups excluding carboxylic acids is 3. The summed E-state index contributed by atoms with van der Waals surface area (Å²) < 4.78 is 11.6. The Hall–Kier alpha value is -2.88. The summed E-state index contributed by atoms with van der Waals surface area (Å²) in [6.45, 7) is 7.22. The smallest absolute Gasteiger partial charge is 0.412 e. The first-order valence-electron chi connectivity index (χ1n) is 8.19. The average molecular weight is 394 g/mol. The van der Waals surface area contributed by atoms with Gasteiger partial charge in [0.25, 0.3) is 5.91 Å². The minimum Gasteiger partial charge on any atom is -0.461 e. The van der Waals surface area contributed by atoms with Crippen molar-refractivity contribution in [1.82, 2.24) is 9.55 Å². The molecule has 0 fully saturated rings. The molecule has 10 heteroatoms. The maximum Gasteiger partial charge on any atom is 0.412 e. The number of nitrogens with one attached hydrogen (secondary N) is 2. The Bertz CT molecular complexity index is 850. The molecule has 0 spiro atoms. The number of aromatic nitrogens is 2. The van der Waals surface area contributed by atoms with Gasteiger partial charge in [-0.05, 0) is 33.8 Å². The third kappa shape index (κ3) is 5.81. The fourth-order valence-electron chi connectivity index (χ4n) is 2.07. The van der Waals surface area contributed by atoms with Gasteiger partial charge in [0.1, 0.15) is 11.3 Å². The lowest BCUT2D eigenvalue weighted by atomic mass is 10.2. The molecule has 2 N–H and O–H groups in total. The van der Waals surface area contributed by atoms with Crippen molar-refractivity contribution < 1.29 is 23.9 Å². The lowest BCUT2D eigenvalue weighted by Gasteiger charge is -2.19. The highest BCUT2D eigenvalue weighted by atomic mass is 32.1. The second kappa shape index (κ2) is 8.21. The summed E-state index contributed by atoms with van der Waals surface area (Å²) in [5, 5.41) is 6.97. The van der Waals surface area contributed by atoms with Crippen molar-refractivity contribution in [2.45, 2.75) is 33.3 Å². The Morgan fingerprint density at radius 1 is 1.26 bits per heavy atom. The number of esters is 1. The van der Waals surface area contributed by atoms with E-state index in [4.69, 9.17) is 9.47 Å². The van der Waals surface area contributed by atoms with E-state index in [-0.39, 0.29) is 17.4 Å². The Labute approximate surface area is 160 Å². The van der Waals surface area contributed by atoms with Gasteiger partial charge in [-0.2, -0.15) is 0 Å². The minimum absolute atomic E-state index is 0.135. The number of thiazole rings is 1. The van der Waals surface area contributed by atoms with Crippen LogP contribution in [0.5, 0.6) is 0 Å². The summed E-state index contributed by atoms with van der Waals surface area (Å²) in [6, 6.07) is 1.51. The van der Waals surface area contributed by atoms with Crippen LogP contribution in [0.15, 0.2) is 17.6 Å². The number of carbonyl (C=O) groups is 3. The molecule has 0 atom stereocenters. The molecule has 2 rings (SSSR count). The molecule has 2 heterocycles. The van der Waals surface area contributed by atoms with Gasteiger partial charge in [-0.3, -0.25) is 15.4 Å². The fourth-order valence-corrected chi connectivity index (χ4v) is 2.75. The van der Waals surface area contributed by atoms with E-state index in [0.717, 1.165) is 11.3 Å². The molecule has 0 unspecified atom stereocenters. The van der Waals surface area contributed by atoms with Crippen LogP contribution in [-0.4, -0.2) is 39.7 Å². The molecule has 0 aliphatic heterocycles. The number of hydrogen-bond acceptors (Lipinski definition) is 7. The van der Waals surface area contributed by atoms with Gasteiger partial charge in [0.2, 0.25) is 0 Å². The number of anilines is 2. The molecule has 0 radical (unpaired) electrons. The number of rotatable bonds is 5. The van der Waals surface area contributed by atoms with Crippen LogP contribution >= 0.6 is 11.3 Å². The molecule has 0 saturated carbocycles. The summed E-state index contributed by atoms with van der Waals surface area (Å²) in [7, 11) is 1.67. The third-order valence-corrected chi connectivity index (χ3v) is 3.85. The van der Waals surface area contributed by atoms with Crippen molar-refractivity contribution in [2.75, 3.05) is 17.2 Å². The van der Waals surface area contributed by atoms with Crippen LogP contribution in [0.1, 0.15) is 48.7 Å². The van der Waals surface area contributed by atoms with E-state index in [1.807, 2.05) is 0 Å². The monoisotopic (exact) mass is 394 g/mol. The van der Waals surface area contributed by atoms with Gasteiger partial charge in [-0.1, -0.05) is 0 Å². The summed E-state index contributed by atoms with van der Waals surface area (Å²) >= 11 is 1.11. The molecule has 0 aromatic carbocycles. The Balaban J connectivity index is 2.04. The van der Waals surface area contributed by atoms with Crippen LogP contribution in [0.3, 0.4) is 0 Å². The van der Waals surface area contributed by atoms with Gasteiger partial charge in [-0.25, -0.2) is 14.6 Å². The molecule has 146 valence electrons. The van der Waals surface area contributed by atoms with Crippen molar-refractivity contribution in [2.24, 2.45) is 7.05 Å². The van der Waals surface area contributed by atoms with Crippen molar-refractivity contribution in [3.63, 3.8) is 0 Å². The molecular formula is C17H22N4O5S. The van der Waals surface area contributed by atoms with Crippen LogP contribution in [0.2, 0.25) is 0 Å². The summed E-state index contributed by atoms with van der Waals surface area (Å²) in [6.07, 6.45) is 0.976. The Morgan fingerprint density at radius 3 is 2.59 bits per heavy atom. The normalized spacial score (nSPS) is 11.0. The topological polar surface area (TPSA) is 112 Å². The molecular weight excluding hydrogens is 372 g/mol. The Kier molecular flexibility index (Phi) is 6.21. The van der Waals surface area contributed by atoms with Crippen molar-refractivity contribution in [3.8, 4) is 0 Å². The second-order valence-electron chi connectivity index (χ2n) is 6.56. The van der Waals surface area contributed by atoms with Crippen molar-refractivity contribution in [3.05, 3.63) is 29.0 Å². The molecule has 0 saturated heterocycles. The number of hydrogen-bond donors (Lipinski definition) is 2. The predicted molar refractivity (Wildman–Crippen MR) is 101 cm³/mol. The van der Waals surface area contributed by atoms with Crippen LogP contribution in [-0.2, 0) is 16.5 Å². The molecule has 0 aliphatic rings. The van der Waals surface area contributed by atoms with Crippen molar-refractivity contribution >= 4 is 40.1 Å². The molecule has 2 aromatic rings. The molecule has 2 amide bonds. The quantitative estimate of drug-likeness (QED) is 0.753. The van der Waals surface area contributed by atoms with Gasteiger partial charge in [0, 0.05) is 18.6 Å². The van der Waals surface area contributed by atoms with E-state index in [9.17, 15) is 14.4 Å². The molecule has 0 aliphatic carbocycles. The Morgan fingerprint density at radius 2 is 1.96 bits per heavy atom. The van der Waals surface area contributed by atoms with Gasteiger partial charge < -0.3 is 14.0 Å². The van der Waals surface area contributed by atoms with Gasteiger partial charge in [0.05, 0.1) is 12.3 Å². The van der Waals surface area contributed by atoms with E-state index in [1.165, 1.54) is 11.4 Å². The summed E-state index contributed by atoms with van der Waals surface area (Å²) in [5.74, 6) is -0.975. The van der Waals surface area contributed by atoms with Crippen LogP contribution in [0.25, 0.3) is 0 Å². The highest BCUT2D eigenvalue weighted by molar-refractivity contribution is 7.14. The van der Waals surface area contributed by atoms with Crippen LogP contribution < -0.4 is 10.6 Å². The lowest BCUT2D eigenvalue weighted by molar-refractivity contribution is 0.0519. The SMILES string of the molecule is CCOC(=O)c1csc(NC(=O)c2cc(NC(=O)OC(C)(C)C)cn2C)n1. The second-order valence-corrected chi connectivity index (χ2v) is 7.42. The zero-order valence-corrected chi connectivity index (χ0v) is 16.6. The summed E-state index contributed by atoms with van der Waals surface area (Å²) in [5.41, 5.74) is 0.231. The number of aryl methyl sites for hydroxylation is 1. The van der Waals surface area contributed by atoms with E-state index in [0.29, 0.717) is 11.4 Å². The third-order valence-electron chi connectivity index (χ3n) is 3.09. The highest BCUT2D eigenvalue weighted by Crippen LogP contribution is 2.19. The first-order chi connectivity index (χ1) is 12.6. The minimum atomic E-state index is -0.624. The van der Waals surface area contributed by atoms with Gasteiger partial charge in [0.15, 0.2) is 10.8 Å². The summed E-state index contributed by atoms with van der Waals surface area (Å²) in [4.78, 5) is 39.9. The lowest BCUT2D eigenvalue weighted by Crippen LogP contribution is -2.27. The zero-order valence-electron chi connectivity index (χ0n) is 15.8. The van der Waals surface area contributed by atoms with Crippen LogP contribution in [0.4, 0.5) is 15.6 Å². The first kappa shape index (κ1) is 20.4. The molecule has 2 aromatic heterocycles. The number of ether oxygens (including phenoxy) is 2. The average Bonchev–Trinajstić information content (AvgIpc) is 3.12. The molecule has 0 bridgehead atoms. The molecule has 9 nitrogen and oxygen atoms in total. The standard InChI is InChI=1S/C17H22N4O5S/c1-6-25-14(23)11-9-27-15(19-11)20-13(22)12-7-10(8-21(12)5)18-16(24)26-17(2,3)4/h7-9H,6H2,1-5H3,(H,18,24)(H,19,20,22). The zero-order chi connectivity index (χ0) is 20.2. The predicted octanol–water partition coefficient (Wildman–Crippen LogP) is 3.26. The largest absolute Gasteiger partial charge is 0.461 e. The van der Waals surface area contributed by atoms with E-state index in [1.54, 1.807) is 45.5 Å². The van der Waals surface area contributed by atoms with Gasteiger partial charge >= 0.3 is 12.1 Å². The number of amides is 2. The number of nitrogens with zero attached hydrogens (tertiary/aromatic N) is 2. The van der Waals surface area contributed by atoms with E-state index < -0.39 is 23.6 Å². The van der Waals surface area contributed by atoms with Crippen LogP contribution in [0, 0.1) is 0 Å². The first-order valence-corrected chi connectivity index (χ1v) is 9.07. The highest BCUT2D eigenvalue weighted by Gasteiger charge is 2.19.